The lowest BCUT2D eigenvalue weighted by Gasteiger charge is -2.37. The molecule has 0 saturated heterocycles. The lowest BCUT2D eigenvalue weighted by Crippen LogP contribution is -2.34. The Morgan fingerprint density at radius 3 is 2.95 bits per heavy atom. The number of aliphatic hydroxyl groups excluding tert-OH is 1. The first-order valence-electron chi connectivity index (χ1n) is 6.89. The average Bonchev–Trinajstić information content (AvgIpc) is 2.87. The van der Waals surface area contributed by atoms with Crippen molar-refractivity contribution in [3.8, 4) is 0 Å². The number of thiophene rings is 1. The fourth-order valence-corrected chi connectivity index (χ4v) is 3.99. The molecule has 0 radical (unpaired) electrons. The smallest absolute Gasteiger partial charge is 0.131 e. The predicted molar refractivity (Wildman–Crippen MR) is 80.8 cm³/mol. The van der Waals surface area contributed by atoms with Crippen LogP contribution in [0, 0.1) is 5.82 Å². The van der Waals surface area contributed by atoms with Gasteiger partial charge in [-0.3, -0.25) is 0 Å². The number of anilines is 1. The lowest BCUT2D eigenvalue weighted by atomic mass is 9.98. The van der Waals surface area contributed by atoms with Crippen LogP contribution in [0.5, 0.6) is 0 Å². The van der Waals surface area contributed by atoms with Crippen LogP contribution in [0.1, 0.15) is 42.0 Å². The summed E-state index contributed by atoms with van der Waals surface area (Å²) in [6, 6.07) is 7.39. The van der Waals surface area contributed by atoms with Gasteiger partial charge in [0.25, 0.3) is 0 Å². The summed E-state index contributed by atoms with van der Waals surface area (Å²) in [5, 5.41) is 12.0. The second-order valence-corrected chi connectivity index (χ2v) is 6.27. The van der Waals surface area contributed by atoms with Crippen molar-refractivity contribution in [2.75, 3.05) is 11.4 Å². The summed E-state index contributed by atoms with van der Waals surface area (Å²) in [6.45, 7) is 4.62. The summed E-state index contributed by atoms with van der Waals surface area (Å²) in [5.74, 6) is -0.333. The van der Waals surface area contributed by atoms with Gasteiger partial charge in [0.1, 0.15) is 5.82 Å². The number of fused-ring (bicyclic) bond motifs is 1. The molecule has 0 amide bonds. The van der Waals surface area contributed by atoms with Gasteiger partial charge in [-0.25, -0.2) is 4.39 Å². The Bertz CT molecular complexity index is 623. The highest BCUT2D eigenvalue weighted by molar-refractivity contribution is 7.10. The van der Waals surface area contributed by atoms with Crippen LogP contribution in [0.25, 0.3) is 0 Å². The van der Waals surface area contributed by atoms with E-state index in [1.54, 1.807) is 24.3 Å². The fraction of sp³-hybridized carbons (Fsp3) is 0.375. The predicted octanol–water partition coefficient (Wildman–Crippen LogP) is 4.06. The van der Waals surface area contributed by atoms with E-state index in [-0.39, 0.29) is 11.9 Å². The largest absolute Gasteiger partial charge is 0.389 e. The first-order chi connectivity index (χ1) is 9.59. The maximum Gasteiger partial charge on any atom is 0.131 e. The zero-order valence-corrected chi connectivity index (χ0v) is 12.5. The van der Waals surface area contributed by atoms with Crippen molar-refractivity contribution in [3.05, 3.63) is 51.5 Å². The van der Waals surface area contributed by atoms with Gasteiger partial charge in [0.05, 0.1) is 12.1 Å². The van der Waals surface area contributed by atoms with Gasteiger partial charge in [0.15, 0.2) is 0 Å². The van der Waals surface area contributed by atoms with E-state index in [4.69, 9.17) is 0 Å². The molecule has 1 N–H and O–H groups in total. The molecule has 1 aliphatic heterocycles. The first-order valence-corrected chi connectivity index (χ1v) is 7.77. The highest BCUT2D eigenvalue weighted by atomic mass is 32.1. The summed E-state index contributed by atoms with van der Waals surface area (Å²) >= 11 is 1.79. The van der Waals surface area contributed by atoms with Crippen LogP contribution < -0.4 is 4.90 Å². The van der Waals surface area contributed by atoms with Crippen LogP contribution in [0.2, 0.25) is 0 Å². The van der Waals surface area contributed by atoms with Crippen molar-refractivity contribution in [3.63, 3.8) is 0 Å². The zero-order chi connectivity index (χ0) is 14.3. The first kappa shape index (κ1) is 13.6. The molecule has 1 aliphatic rings. The van der Waals surface area contributed by atoms with Crippen molar-refractivity contribution in [2.45, 2.75) is 32.4 Å². The van der Waals surface area contributed by atoms with Crippen LogP contribution in [0.15, 0.2) is 29.6 Å². The molecule has 2 nitrogen and oxygen atoms in total. The van der Waals surface area contributed by atoms with Crippen LogP contribution in [-0.2, 0) is 6.42 Å². The van der Waals surface area contributed by atoms with Gasteiger partial charge < -0.3 is 10.0 Å². The van der Waals surface area contributed by atoms with Gasteiger partial charge in [-0.2, -0.15) is 0 Å². The Morgan fingerprint density at radius 1 is 1.40 bits per heavy atom. The fourth-order valence-electron chi connectivity index (χ4n) is 3.03. The number of aliphatic hydroxyl groups is 1. The van der Waals surface area contributed by atoms with E-state index >= 15 is 0 Å². The van der Waals surface area contributed by atoms with Gasteiger partial charge in [-0.1, -0.05) is 6.07 Å². The summed E-state index contributed by atoms with van der Waals surface area (Å²) in [7, 11) is 0. The van der Waals surface area contributed by atoms with E-state index in [9.17, 15) is 9.50 Å². The molecule has 0 saturated carbocycles. The SMILES string of the molecule is CC1c2ccsc2CCN1c1cccc(F)c1[C@@H](C)O. The number of hydrogen-bond donors (Lipinski definition) is 1. The zero-order valence-electron chi connectivity index (χ0n) is 11.6. The van der Waals surface area contributed by atoms with Crippen LogP contribution >= 0.6 is 11.3 Å². The van der Waals surface area contributed by atoms with Gasteiger partial charge in [0.2, 0.25) is 0 Å². The van der Waals surface area contributed by atoms with E-state index in [2.05, 4.69) is 23.3 Å². The molecule has 0 bridgehead atoms. The van der Waals surface area contributed by atoms with Gasteiger partial charge in [0, 0.05) is 22.7 Å². The minimum atomic E-state index is -0.803. The Morgan fingerprint density at radius 2 is 2.20 bits per heavy atom. The maximum absolute atomic E-state index is 14.0. The van der Waals surface area contributed by atoms with Crippen molar-refractivity contribution in [1.29, 1.82) is 0 Å². The average molecular weight is 291 g/mol. The molecule has 20 heavy (non-hydrogen) atoms. The molecular weight excluding hydrogens is 273 g/mol. The summed E-state index contributed by atoms with van der Waals surface area (Å²) in [4.78, 5) is 3.61. The molecule has 3 rings (SSSR count). The Hall–Kier alpha value is -1.39. The number of benzene rings is 1. The quantitative estimate of drug-likeness (QED) is 0.902. The molecule has 2 aromatic rings. The monoisotopic (exact) mass is 291 g/mol. The molecule has 2 atom stereocenters. The third-order valence-electron chi connectivity index (χ3n) is 4.03. The third-order valence-corrected chi connectivity index (χ3v) is 5.03. The molecule has 0 fully saturated rings. The lowest BCUT2D eigenvalue weighted by molar-refractivity contribution is 0.194. The molecule has 1 unspecified atom stereocenters. The highest BCUT2D eigenvalue weighted by Crippen LogP contribution is 2.39. The standard InChI is InChI=1S/C16H18FNOS/c1-10-12-7-9-20-15(12)6-8-18(10)14-5-3-4-13(17)16(14)11(2)19/h3-5,7,9-11,19H,6,8H2,1-2H3/t10?,11-/m1/s1. The van der Waals surface area contributed by atoms with E-state index < -0.39 is 6.10 Å². The van der Waals surface area contributed by atoms with Crippen LogP contribution in [-0.4, -0.2) is 11.7 Å². The van der Waals surface area contributed by atoms with Crippen molar-refractivity contribution < 1.29 is 9.50 Å². The van der Waals surface area contributed by atoms with E-state index in [1.165, 1.54) is 16.5 Å². The number of nitrogens with zero attached hydrogens (tertiary/aromatic N) is 1. The Kier molecular flexibility index (Phi) is 3.52. The topological polar surface area (TPSA) is 23.5 Å². The van der Waals surface area contributed by atoms with E-state index in [0.717, 1.165) is 18.7 Å². The molecule has 1 aromatic carbocycles. The second-order valence-electron chi connectivity index (χ2n) is 5.27. The molecule has 4 heteroatoms. The highest BCUT2D eigenvalue weighted by Gasteiger charge is 2.28. The maximum atomic E-state index is 14.0. The minimum absolute atomic E-state index is 0.212. The third kappa shape index (κ3) is 2.13. The number of rotatable bonds is 2. The molecular formula is C16H18FNOS. The van der Waals surface area contributed by atoms with E-state index in [0.29, 0.717) is 5.56 Å². The minimum Gasteiger partial charge on any atom is -0.389 e. The summed E-state index contributed by atoms with van der Waals surface area (Å²) in [6.07, 6.45) is 0.176. The molecule has 1 aromatic heterocycles. The molecule has 106 valence electrons. The van der Waals surface area contributed by atoms with Gasteiger partial charge in [-0.15, -0.1) is 11.3 Å². The van der Waals surface area contributed by atoms with Crippen molar-refractivity contribution in [2.24, 2.45) is 0 Å². The summed E-state index contributed by atoms with van der Waals surface area (Å²) in [5.41, 5.74) is 2.53. The van der Waals surface area contributed by atoms with Crippen molar-refractivity contribution in [1.82, 2.24) is 0 Å². The van der Waals surface area contributed by atoms with Crippen LogP contribution in [0.3, 0.4) is 0 Å². The van der Waals surface area contributed by atoms with Gasteiger partial charge in [-0.05, 0) is 49.4 Å². The second kappa shape index (κ2) is 5.19. The molecule has 2 heterocycles. The van der Waals surface area contributed by atoms with E-state index in [1.807, 2.05) is 6.07 Å². The number of hydrogen-bond acceptors (Lipinski definition) is 3. The van der Waals surface area contributed by atoms with Crippen LogP contribution in [0.4, 0.5) is 10.1 Å². The Labute approximate surface area is 122 Å². The molecule has 0 spiro atoms. The number of halogens is 1. The molecule has 0 aliphatic carbocycles. The normalized spacial score (nSPS) is 19.8. The Balaban J connectivity index is 2.05. The summed E-state index contributed by atoms with van der Waals surface area (Å²) < 4.78 is 14.0. The van der Waals surface area contributed by atoms with Crippen molar-refractivity contribution >= 4 is 17.0 Å². The van der Waals surface area contributed by atoms with Gasteiger partial charge >= 0.3 is 0 Å².